The lowest BCUT2D eigenvalue weighted by Gasteiger charge is -2.30. The number of nitrogens with two attached hydrogens (primary N) is 1. The fraction of sp³-hybridized carbons (Fsp3) is 0.400. The quantitative estimate of drug-likeness (QED) is 0.440. The van der Waals surface area contributed by atoms with Gasteiger partial charge in [0.25, 0.3) is 5.89 Å². The van der Waals surface area contributed by atoms with Gasteiger partial charge in [0.2, 0.25) is 21.8 Å². The number of fused-ring (bicyclic) bond motifs is 1. The molecule has 1 amide bonds. The topological polar surface area (TPSA) is 141 Å². The Balaban J connectivity index is 1.34. The molecular weight excluding hydrogens is 482 g/mol. The van der Waals surface area contributed by atoms with E-state index >= 15 is 0 Å². The second kappa shape index (κ2) is 9.55. The molecule has 1 fully saturated rings. The minimum Gasteiger partial charge on any atom is -0.489 e. The molecule has 1 atom stereocenters. The first-order valence-corrected chi connectivity index (χ1v) is 13.7. The number of carbonyl (C=O) groups is 1. The van der Waals surface area contributed by atoms with Gasteiger partial charge >= 0.3 is 0 Å². The van der Waals surface area contributed by atoms with Crippen LogP contribution < -0.4 is 15.2 Å². The number of amides is 1. The normalized spacial score (nSPS) is 17.2. The van der Waals surface area contributed by atoms with E-state index in [-0.39, 0.29) is 12.0 Å². The molecule has 0 saturated carbocycles. The summed E-state index contributed by atoms with van der Waals surface area (Å²) < 4.78 is 39.2. The predicted octanol–water partition coefficient (Wildman–Crippen LogP) is 2.91. The molecule has 1 aliphatic heterocycles. The van der Waals surface area contributed by atoms with Gasteiger partial charge in [-0.25, -0.2) is 13.1 Å². The third kappa shape index (κ3) is 4.93. The molecule has 2 aliphatic rings. The van der Waals surface area contributed by atoms with Crippen molar-refractivity contribution in [2.75, 3.05) is 24.6 Å². The van der Waals surface area contributed by atoms with Gasteiger partial charge in [0, 0.05) is 30.3 Å². The molecular formula is C25H29N5O5S. The van der Waals surface area contributed by atoms with Crippen LogP contribution >= 0.6 is 0 Å². The molecule has 0 radical (unpaired) electrons. The lowest BCUT2D eigenvalue weighted by molar-refractivity contribution is -0.131. The summed E-state index contributed by atoms with van der Waals surface area (Å²) in [6, 6.07) is 10.5. The molecule has 1 saturated heterocycles. The third-order valence-electron chi connectivity index (χ3n) is 6.40. The minimum absolute atomic E-state index is 0.00245. The van der Waals surface area contributed by atoms with Crippen LogP contribution in [0.1, 0.15) is 43.9 Å². The predicted molar refractivity (Wildman–Crippen MR) is 135 cm³/mol. The Morgan fingerprint density at radius 2 is 2.08 bits per heavy atom. The number of hydrogen-bond acceptors (Lipinski definition) is 8. The standard InChI is InChI=1S/C25H29N5O5S/c1-15(2)34-22-10-7-16(13-20(22)26)25-27-24(28-35-25)19-6-3-5-18-17(19)8-9-21(18)29-36(32,33)14-23(31)30-11-4-12-30/h3,5-7,10,13,15,21,29H,4,8-9,11-12,14,26H2,1-2H3/t21-/m0/s1. The molecule has 0 unspecified atom stereocenters. The molecule has 2 heterocycles. The van der Waals surface area contributed by atoms with Crippen LogP contribution in [-0.2, 0) is 21.2 Å². The van der Waals surface area contributed by atoms with E-state index in [1.807, 2.05) is 38.1 Å². The van der Waals surface area contributed by atoms with Crippen molar-refractivity contribution in [3.8, 4) is 28.6 Å². The van der Waals surface area contributed by atoms with E-state index in [2.05, 4.69) is 14.9 Å². The number of hydrogen-bond donors (Lipinski definition) is 2. The van der Waals surface area contributed by atoms with E-state index in [9.17, 15) is 13.2 Å². The Morgan fingerprint density at radius 1 is 1.28 bits per heavy atom. The van der Waals surface area contributed by atoms with E-state index in [4.69, 9.17) is 15.0 Å². The number of rotatable bonds is 8. The maximum atomic E-state index is 12.7. The van der Waals surface area contributed by atoms with Gasteiger partial charge < -0.3 is 19.9 Å². The zero-order valence-corrected chi connectivity index (χ0v) is 21.0. The van der Waals surface area contributed by atoms with Gasteiger partial charge in [-0.2, -0.15) is 4.98 Å². The van der Waals surface area contributed by atoms with Crippen LogP contribution in [0, 0.1) is 0 Å². The summed E-state index contributed by atoms with van der Waals surface area (Å²) in [4.78, 5) is 18.3. The molecule has 10 nitrogen and oxygen atoms in total. The second-order valence-corrected chi connectivity index (χ2v) is 11.2. The number of likely N-dealkylation sites (tertiary alicyclic amines) is 1. The van der Waals surface area contributed by atoms with Crippen LogP contribution in [0.5, 0.6) is 5.75 Å². The molecule has 36 heavy (non-hydrogen) atoms. The molecule has 1 aliphatic carbocycles. The summed E-state index contributed by atoms with van der Waals surface area (Å²) in [6.07, 6.45) is 2.16. The van der Waals surface area contributed by atoms with Crippen molar-refractivity contribution < 1.29 is 22.5 Å². The van der Waals surface area contributed by atoms with Crippen LogP contribution in [-0.4, -0.2) is 54.3 Å². The highest BCUT2D eigenvalue weighted by Gasteiger charge is 2.32. The average Bonchev–Trinajstić information content (AvgIpc) is 3.41. The van der Waals surface area contributed by atoms with Crippen molar-refractivity contribution in [3.63, 3.8) is 0 Å². The average molecular weight is 512 g/mol. The highest BCUT2D eigenvalue weighted by molar-refractivity contribution is 7.90. The van der Waals surface area contributed by atoms with Gasteiger partial charge in [-0.1, -0.05) is 23.4 Å². The zero-order valence-electron chi connectivity index (χ0n) is 20.2. The van der Waals surface area contributed by atoms with E-state index in [0.29, 0.717) is 54.6 Å². The molecule has 3 N–H and O–H groups in total. The molecule has 1 aromatic heterocycles. The molecule has 0 bridgehead atoms. The molecule has 190 valence electrons. The Hall–Kier alpha value is -3.44. The molecule has 11 heteroatoms. The highest BCUT2D eigenvalue weighted by atomic mass is 32.2. The number of nitrogens with zero attached hydrogens (tertiary/aromatic N) is 3. The fourth-order valence-corrected chi connectivity index (χ4v) is 5.83. The first kappa shape index (κ1) is 24.3. The summed E-state index contributed by atoms with van der Waals surface area (Å²) in [7, 11) is -3.77. The first-order chi connectivity index (χ1) is 17.2. The van der Waals surface area contributed by atoms with Gasteiger partial charge in [0.05, 0.1) is 11.8 Å². The van der Waals surface area contributed by atoms with Crippen LogP contribution in [0.3, 0.4) is 0 Å². The van der Waals surface area contributed by atoms with E-state index < -0.39 is 21.8 Å². The van der Waals surface area contributed by atoms with Crippen LogP contribution in [0.25, 0.3) is 22.8 Å². The van der Waals surface area contributed by atoms with Crippen molar-refractivity contribution in [2.45, 2.75) is 45.3 Å². The molecule has 2 aromatic carbocycles. The van der Waals surface area contributed by atoms with E-state index in [0.717, 1.165) is 23.1 Å². The summed E-state index contributed by atoms with van der Waals surface area (Å²) in [5, 5.41) is 4.17. The Kier molecular flexibility index (Phi) is 6.44. The summed E-state index contributed by atoms with van der Waals surface area (Å²) in [5.74, 6) is 0.445. The van der Waals surface area contributed by atoms with Gasteiger partial charge in [-0.05, 0) is 62.4 Å². The first-order valence-electron chi connectivity index (χ1n) is 12.0. The molecule has 0 spiro atoms. The van der Waals surface area contributed by atoms with Crippen molar-refractivity contribution in [2.24, 2.45) is 0 Å². The summed E-state index contributed by atoms with van der Waals surface area (Å²) >= 11 is 0. The number of benzene rings is 2. The van der Waals surface area contributed by atoms with Crippen molar-refractivity contribution >= 4 is 21.6 Å². The van der Waals surface area contributed by atoms with Crippen molar-refractivity contribution in [1.29, 1.82) is 0 Å². The number of nitrogen functional groups attached to an aromatic ring is 1. The van der Waals surface area contributed by atoms with Crippen LogP contribution in [0.4, 0.5) is 5.69 Å². The van der Waals surface area contributed by atoms with Crippen molar-refractivity contribution in [1.82, 2.24) is 19.8 Å². The van der Waals surface area contributed by atoms with Gasteiger partial charge in [0.1, 0.15) is 11.5 Å². The second-order valence-electron chi connectivity index (χ2n) is 9.42. The van der Waals surface area contributed by atoms with Gasteiger partial charge in [-0.15, -0.1) is 0 Å². The highest BCUT2D eigenvalue weighted by Crippen LogP contribution is 2.38. The minimum atomic E-state index is -3.77. The molecule has 5 rings (SSSR count). The number of ether oxygens (including phenoxy) is 1. The Morgan fingerprint density at radius 3 is 2.78 bits per heavy atom. The summed E-state index contributed by atoms with van der Waals surface area (Å²) in [5.41, 5.74) is 9.89. The number of anilines is 1. The van der Waals surface area contributed by atoms with Crippen LogP contribution in [0.15, 0.2) is 40.9 Å². The maximum absolute atomic E-state index is 12.7. The lowest BCUT2D eigenvalue weighted by atomic mass is 10.0. The lowest BCUT2D eigenvalue weighted by Crippen LogP contribution is -2.46. The van der Waals surface area contributed by atoms with E-state index in [1.165, 1.54) is 0 Å². The Labute approximate surface area is 209 Å². The summed E-state index contributed by atoms with van der Waals surface area (Å²) in [6.45, 7) is 5.11. The zero-order chi connectivity index (χ0) is 25.4. The number of sulfonamides is 1. The number of carbonyl (C=O) groups excluding carboxylic acids is 1. The fourth-order valence-electron chi connectivity index (χ4n) is 4.56. The molecule has 3 aromatic rings. The third-order valence-corrected chi connectivity index (χ3v) is 7.67. The van der Waals surface area contributed by atoms with Gasteiger partial charge in [-0.3, -0.25) is 4.79 Å². The number of nitrogens with one attached hydrogen (secondary N) is 1. The van der Waals surface area contributed by atoms with E-state index in [1.54, 1.807) is 17.0 Å². The smallest absolute Gasteiger partial charge is 0.258 e. The maximum Gasteiger partial charge on any atom is 0.258 e. The van der Waals surface area contributed by atoms with Crippen molar-refractivity contribution in [3.05, 3.63) is 47.5 Å². The largest absolute Gasteiger partial charge is 0.489 e. The van der Waals surface area contributed by atoms with Crippen LogP contribution in [0.2, 0.25) is 0 Å². The SMILES string of the molecule is CC(C)Oc1ccc(-c2nc(-c3cccc4c3CC[C@@H]4NS(=O)(=O)CC(=O)N3CCC3)no2)cc1N. The monoisotopic (exact) mass is 511 g/mol. The Bertz CT molecular complexity index is 1400. The van der Waals surface area contributed by atoms with Gasteiger partial charge in [0.15, 0.2) is 0 Å². The number of aromatic nitrogens is 2.